The van der Waals surface area contributed by atoms with Crippen molar-refractivity contribution in [2.75, 3.05) is 11.4 Å². The van der Waals surface area contributed by atoms with E-state index in [1.807, 2.05) is 47.4 Å². The van der Waals surface area contributed by atoms with Gasteiger partial charge in [-0.05, 0) is 42.7 Å². The van der Waals surface area contributed by atoms with E-state index in [0.717, 1.165) is 37.2 Å². The van der Waals surface area contributed by atoms with E-state index in [0.29, 0.717) is 12.5 Å². The van der Waals surface area contributed by atoms with Crippen molar-refractivity contribution >= 4 is 17.6 Å². The average Bonchev–Trinajstić information content (AvgIpc) is 3.12. The molecule has 0 aliphatic carbocycles. The van der Waals surface area contributed by atoms with Crippen molar-refractivity contribution in [2.24, 2.45) is 0 Å². The molecule has 5 nitrogen and oxygen atoms in total. The number of carbonyl (C=O) groups is 2. The lowest BCUT2D eigenvalue weighted by Crippen LogP contribution is -2.52. The van der Waals surface area contributed by atoms with Crippen molar-refractivity contribution in [3.05, 3.63) is 66.0 Å². The Kier molecular flexibility index (Phi) is 6.94. The number of alkyl halides is 3. The van der Waals surface area contributed by atoms with Gasteiger partial charge in [0.05, 0.1) is 6.04 Å². The fourth-order valence-electron chi connectivity index (χ4n) is 4.10. The normalized spacial score (nSPS) is 21.3. The number of carbonyl (C=O) groups excluding carboxylic acids is 1. The highest BCUT2D eigenvalue weighted by Crippen LogP contribution is 2.35. The molecule has 2 aliphatic heterocycles. The van der Waals surface area contributed by atoms with Gasteiger partial charge in [-0.15, -0.1) is 0 Å². The number of benzene rings is 2. The lowest BCUT2D eigenvalue weighted by Gasteiger charge is -2.40. The second kappa shape index (κ2) is 9.47. The Morgan fingerprint density at radius 3 is 2.19 bits per heavy atom. The first kappa shape index (κ1) is 22.7. The Bertz CT molecular complexity index is 903. The predicted octanol–water partition coefficient (Wildman–Crippen LogP) is 4.23. The molecule has 2 heterocycles. The van der Waals surface area contributed by atoms with Gasteiger partial charge in [0.25, 0.3) is 0 Å². The summed E-state index contributed by atoms with van der Waals surface area (Å²) in [4.78, 5) is 25.8. The minimum atomic E-state index is -5.08. The number of para-hydroxylation sites is 1. The largest absolute Gasteiger partial charge is 0.490 e. The monoisotopic (exact) mass is 438 g/mol. The lowest BCUT2D eigenvalue weighted by atomic mass is 9.95. The van der Waals surface area contributed by atoms with Gasteiger partial charge in [-0.2, -0.15) is 13.2 Å². The Labute approximate surface area is 176 Å². The molecule has 0 unspecified atom stereocenters. The molecule has 0 bridgehead atoms. The summed E-state index contributed by atoms with van der Waals surface area (Å²) in [6, 6.07) is 17.3. The van der Waals surface area contributed by atoms with Crippen molar-refractivity contribution in [1.82, 2.24) is 4.90 Å². The average molecular weight is 438 g/mol. The Balaban J connectivity index is 0.000000339. The molecule has 9 heteroatoms. The second-order valence-electron chi connectivity index (χ2n) is 7.46. The van der Waals surface area contributed by atoms with Crippen LogP contribution in [0.25, 0.3) is 0 Å². The highest BCUT2D eigenvalue weighted by molar-refractivity contribution is 5.95. The van der Waals surface area contributed by atoms with Crippen LogP contribution in [0.3, 0.4) is 0 Å². The molecule has 0 aromatic heterocycles. The minimum Gasteiger partial charge on any atom is -0.475 e. The van der Waals surface area contributed by atoms with Crippen molar-refractivity contribution in [1.29, 1.82) is 0 Å². The molecular weight excluding hydrogens is 416 g/mol. The van der Waals surface area contributed by atoms with Gasteiger partial charge in [0.1, 0.15) is 5.82 Å². The summed E-state index contributed by atoms with van der Waals surface area (Å²) in [5, 5.41) is 7.12. The third-order valence-corrected chi connectivity index (χ3v) is 5.46. The predicted molar refractivity (Wildman–Crippen MR) is 106 cm³/mol. The van der Waals surface area contributed by atoms with Crippen LogP contribution >= 0.6 is 0 Å². The van der Waals surface area contributed by atoms with Crippen LogP contribution in [0, 0.1) is 5.82 Å². The first-order chi connectivity index (χ1) is 14.7. The van der Waals surface area contributed by atoms with Crippen LogP contribution in [0.1, 0.15) is 24.8 Å². The molecule has 0 saturated carbocycles. The number of anilines is 1. The van der Waals surface area contributed by atoms with Crippen molar-refractivity contribution in [3.8, 4) is 0 Å². The van der Waals surface area contributed by atoms with E-state index < -0.39 is 12.1 Å². The van der Waals surface area contributed by atoms with E-state index in [1.165, 1.54) is 12.1 Å². The molecule has 166 valence electrons. The number of hydrogen-bond donors (Lipinski definition) is 1. The number of amides is 1. The molecular formula is C22H22F4N2O3. The van der Waals surface area contributed by atoms with Gasteiger partial charge >= 0.3 is 12.1 Å². The zero-order valence-corrected chi connectivity index (χ0v) is 16.6. The second-order valence-corrected chi connectivity index (χ2v) is 7.46. The molecule has 2 saturated heterocycles. The standard InChI is InChI=1S/C20H21FN2O.C2HF3O2/c21-16-8-6-15(7-9-16)14-22-13-12-19-18(22)10-11-20(24)23(19)17-4-2-1-3-5-17;3-2(4,5)1(6)7/h1-9,18-19H,10-14H2;(H,6,7)/t18-,19-;/m1./s1. The Morgan fingerprint density at radius 2 is 1.61 bits per heavy atom. The first-order valence-electron chi connectivity index (χ1n) is 9.82. The Morgan fingerprint density at radius 1 is 1.00 bits per heavy atom. The van der Waals surface area contributed by atoms with Gasteiger partial charge in [-0.3, -0.25) is 9.69 Å². The van der Waals surface area contributed by atoms with E-state index in [4.69, 9.17) is 9.90 Å². The molecule has 2 aromatic rings. The van der Waals surface area contributed by atoms with Gasteiger partial charge in [-0.25, -0.2) is 9.18 Å². The summed E-state index contributed by atoms with van der Waals surface area (Å²) in [7, 11) is 0. The number of halogens is 4. The summed E-state index contributed by atoms with van der Waals surface area (Å²) in [5.41, 5.74) is 2.13. The molecule has 2 aromatic carbocycles. The van der Waals surface area contributed by atoms with Crippen LogP contribution in [-0.2, 0) is 16.1 Å². The topological polar surface area (TPSA) is 60.9 Å². The van der Waals surface area contributed by atoms with E-state index in [-0.39, 0.29) is 17.8 Å². The smallest absolute Gasteiger partial charge is 0.475 e. The molecule has 1 N–H and O–H groups in total. The molecule has 2 fully saturated rings. The number of aliphatic carboxylic acids is 1. The fraction of sp³-hybridized carbons (Fsp3) is 0.364. The number of likely N-dealkylation sites (tertiary alicyclic amines) is 1. The molecule has 2 atom stereocenters. The number of nitrogens with zero attached hydrogens (tertiary/aromatic N) is 2. The zero-order chi connectivity index (χ0) is 22.6. The van der Waals surface area contributed by atoms with Gasteiger partial charge in [0.15, 0.2) is 0 Å². The lowest BCUT2D eigenvalue weighted by molar-refractivity contribution is -0.192. The summed E-state index contributed by atoms with van der Waals surface area (Å²) in [6.07, 6.45) is -2.59. The molecule has 0 spiro atoms. The summed E-state index contributed by atoms with van der Waals surface area (Å²) < 4.78 is 44.8. The van der Waals surface area contributed by atoms with Crippen LogP contribution in [0.4, 0.5) is 23.2 Å². The number of carboxylic acids is 1. The van der Waals surface area contributed by atoms with E-state index in [9.17, 15) is 22.4 Å². The maximum Gasteiger partial charge on any atom is 0.490 e. The molecule has 2 aliphatic rings. The van der Waals surface area contributed by atoms with E-state index in [1.54, 1.807) is 0 Å². The number of hydrogen-bond acceptors (Lipinski definition) is 3. The Hall–Kier alpha value is -2.94. The van der Waals surface area contributed by atoms with Crippen molar-refractivity contribution in [3.63, 3.8) is 0 Å². The highest BCUT2D eigenvalue weighted by atomic mass is 19.4. The van der Waals surface area contributed by atoms with Gasteiger partial charge in [0.2, 0.25) is 5.91 Å². The van der Waals surface area contributed by atoms with Crippen LogP contribution in [0.5, 0.6) is 0 Å². The summed E-state index contributed by atoms with van der Waals surface area (Å²) >= 11 is 0. The maximum atomic E-state index is 13.1. The third kappa shape index (κ3) is 5.61. The van der Waals surface area contributed by atoms with Gasteiger partial charge in [-0.1, -0.05) is 30.3 Å². The minimum absolute atomic E-state index is 0.198. The van der Waals surface area contributed by atoms with Crippen molar-refractivity contribution in [2.45, 2.75) is 44.1 Å². The first-order valence-corrected chi connectivity index (χ1v) is 9.82. The maximum absolute atomic E-state index is 13.1. The SMILES string of the molecule is O=C(O)C(F)(F)F.O=C1CC[C@@H]2[C@@H](CCN2Cc2ccc(F)cc2)N1c1ccccc1. The highest BCUT2D eigenvalue weighted by Gasteiger charge is 2.43. The number of fused-ring (bicyclic) bond motifs is 1. The molecule has 0 radical (unpaired) electrons. The van der Waals surface area contributed by atoms with Gasteiger partial charge in [0, 0.05) is 31.2 Å². The zero-order valence-electron chi connectivity index (χ0n) is 16.6. The molecule has 31 heavy (non-hydrogen) atoms. The number of piperidine rings is 1. The fourth-order valence-corrected chi connectivity index (χ4v) is 4.10. The van der Waals surface area contributed by atoms with Crippen LogP contribution in [0.2, 0.25) is 0 Å². The third-order valence-electron chi connectivity index (χ3n) is 5.46. The van der Waals surface area contributed by atoms with Crippen LogP contribution in [0.15, 0.2) is 54.6 Å². The molecule has 4 rings (SSSR count). The summed E-state index contributed by atoms with van der Waals surface area (Å²) in [6.45, 7) is 1.79. The van der Waals surface area contributed by atoms with Crippen LogP contribution in [-0.4, -0.2) is 46.7 Å². The number of carboxylic acid groups (broad SMARTS) is 1. The quantitative estimate of drug-likeness (QED) is 0.729. The van der Waals surface area contributed by atoms with Gasteiger partial charge < -0.3 is 10.0 Å². The van der Waals surface area contributed by atoms with Crippen LogP contribution < -0.4 is 4.90 Å². The van der Waals surface area contributed by atoms with E-state index in [2.05, 4.69) is 4.90 Å². The van der Waals surface area contributed by atoms with E-state index >= 15 is 0 Å². The van der Waals surface area contributed by atoms with Crippen molar-refractivity contribution < 1.29 is 32.3 Å². The number of rotatable bonds is 3. The molecule has 1 amide bonds. The summed E-state index contributed by atoms with van der Waals surface area (Å²) in [5.74, 6) is -2.73.